The third-order valence-electron chi connectivity index (χ3n) is 2.94. The van der Waals surface area contributed by atoms with Gasteiger partial charge in [-0.3, -0.25) is 9.48 Å². The highest BCUT2D eigenvalue weighted by Crippen LogP contribution is 2.15. The van der Waals surface area contributed by atoms with Crippen molar-refractivity contribution >= 4 is 5.91 Å². The van der Waals surface area contributed by atoms with Crippen LogP contribution in [0.25, 0.3) is 0 Å². The number of nitrogens with zero attached hydrogens (tertiary/aromatic N) is 3. The van der Waals surface area contributed by atoms with Crippen molar-refractivity contribution in [2.45, 2.75) is 39.2 Å². The Bertz CT molecular complexity index is 410. The SMILES string of the molecule is CC(O)CCN(C)C(=O)c1cc(C(C)C)nn1C. The summed E-state index contributed by atoms with van der Waals surface area (Å²) in [4.78, 5) is 13.8. The summed E-state index contributed by atoms with van der Waals surface area (Å²) < 4.78 is 1.62. The van der Waals surface area contributed by atoms with Crippen molar-refractivity contribution in [1.29, 1.82) is 0 Å². The average molecular weight is 253 g/mol. The molecule has 1 amide bonds. The molecule has 0 spiro atoms. The Morgan fingerprint density at radius 1 is 1.50 bits per heavy atom. The molecule has 102 valence electrons. The quantitative estimate of drug-likeness (QED) is 0.862. The first-order chi connectivity index (χ1) is 8.32. The van der Waals surface area contributed by atoms with Crippen molar-refractivity contribution in [3.63, 3.8) is 0 Å². The summed E-state index contributed by atoms with van der Waals surface area (Å²) in [5.74, 6) is 0.248. The largest absolute Gasteiger partial charge is 0.393 e. The lowest BCUT2D eigenvalue weighted by atomic mass is 10.1. The maximum absolute atomic E-state index is 12.2. The van der Waals surface area contributed by atoms with Crippen molar-refractivity contribution in [2.24, 2.45) is 7.05 Å². The maximum atomic E-state index is 12.2. The molecular formula is C13H23N3O2. The van der Waals surface area contributed by atoms with Crippen molar-refractivity contribution in [3.05, 3.63) is 17.5 Å². The van der Waals surface area contributed by atoms with Gasteiger partial charge in [-0.1, -0.05) is 13.8 Å². The minimum absolute atomic E-state index is 0.0578. The van der Waals surface area contributed by atoms with Crippen molar-refractivity contribution in [2.75, 3.05) is 13.6 Å². The zero-order valence-electron chi connectivity index (χ0n) is 11.8. The molecule has 0 saturated heterocycles. The molecule has 0 aliphatic rings. The number of hydrogen-bond acceptors (Lipinski definition) is 3. The predicted molar refractivity (Wildman–Crippen MR) is 70.6 cm³/mol. The molecule has 1 atom stereocenters. The van der Waals surface area contributed by atoms with Crippen molar-refractivity contribution in [3.8, 4) is 0 Å². The molecule has 1 N–H and O–H groups in total. The van der Waals surface area contributed by atoms with Crippen molar-refractivity contribution < 1.29 is 9.90 Å². The van der Waals surface area contributed by atoms with Crippen molar-refractivity contribution in [1.82, 2.24) is 14.7 Å². The third-order valence-corrected chi connectivity index (χ3v) is 2.94. The fraction of sp³-hybridized carbons (Fsp3) is 0.692. The van der Waals surface area contributed by atoms with Gasteiger partial charge in [0, 0.05) is 20.6 Å². The smallest absolute Gasteiger partial charge is 0.271 e. The van der Waals surface area contributed by atoms with Gasteiger partial charge >= 0.3 is 0 Å². The van der Waals surface area contributed by atoms with Crippen LogP contribution in [0.2, 0.25) is 0 Å². The number of aromatic nitrogens is 2. The Labute approximate surface area is 108 Å². The minimum Gasteiger partial charge on any atom is -0.393 e. The first kappa shape index (κ1) is 14.7. The van der Waals surface area contributed by atoms with Crippen LogP contribution in [0.15, 0.2) is 6.07 Å². The molecule has 1 unspecified atom stereocenters. The Balaban J connectivity index is 2.77. The third kappa shape index (κ3) is 3.57. The summed E-state index contributed by atoms with van der Waals surface area (Å²) in [6.07, 6.45) is 0.190. The van der Waals surface area contributed by atoms with Gasteiger partial charge in [0.2, 0.25) is 0 Å². The molecule has 1 rings (SSSR count). The molecule has 0 aliphatic heterocycles. The van der Waals surface area contributed by atoms with Crippen LogP contribution in [0.1, 0.15) is 49.3 Å². The summed E-state index contributed by atoms with van der Waals surface area (Å²) in [7, 11) is 3.52. The van der Waals surface area contributed by atoms with Gasteiger partial charge in [-0.15, -0.1) is 0 Å². The number of carbonyl (C=O) groups excluding carboxylic acids is 1. The second-order valence-electron chi connectivity index (χ2n) is 5.10. The van der Waals surface area contributed by atoms with E-state index in [1.165, 1.54) is 0 Å². The van der Waals surface area contributed by atoms with Gasteiger partial charge in [0.05, 0.1) is 11.8 Å². The molecule has 5 heteroatoms. The van der Waals surface area contributed by atoms with Gasteiger partial charge in [-0.05, 0) is 25.3 Å². The number of aliphatic hydroxyl groups excluding tert-OH is 1. The van der Waals surface area contributed by atoms with E-state index in [1.807, 2.05) is 19.9 Å². The fourth-order valence-electron chi connectivity index (χ4n) is 1.65. The van der Waals surface area contributed by atoms with E-state index in [-0.39, 0.29) is 5.91 Å². The molecule has 1 aromatic heterocycles. The Morgan fingerprint density at radius 3 is 2.56 bits per heavy atom. The number of carbonyl (C=O) groups is 1. The second-order valence-corrected chi connectivity index (χ2v) is 5.10. The molecule has 5 nitrogen and oxygen atoms in total. The van der Waals surface area contributed by atoms with Crippen LogP contribution in [0.4, 0.5) is 0 Å². The van der Waals surface area contributed by atoms with Gasteiger partial charge in [0.25, 0.3) is 5.91 Å². The molecule has 0 bridgehead atoms. The van der Waals surface area contributed by atoms with Gasteiger partial charge in [-0.2, -0.15) is 5.10 Å². The number of rotatable bonds is 5. The highest BCUT2D eigenvalue weighted by molar-refractivity contribution is 5.92. The lowest BCUT2D eigenvalue weighted by Crippen LogP contribution is -2.30. The van der Waals surface area contributed by atoms with E-state index < -0.39 is 6.10 Å². The van der Waals surface area contributed by atoms with E-state index in [2.05, 4.69) is 5.10 Å². The highest BCUT2D eigenvalue weighted by Gasteiger charge is 2.18. The molecule has 0 saturated carbocycles. The Morgan fingerprint density at radius 2 is 2.11 bits per heavy atom. The van der Waals surface area contributed by atoms with Crippen LogP contribution in [-0.2, 0) is 7.05 Å². The van der Waals surface area contributed by atoms with E-state index in [0.717, 1.165) is 5.69 Å². The van der Waals surface area contributed by atoms with E-state index in [9.17, 15) is 9.90 Å². The van der Waals surface area contributed by atoms with Crippen LogP contribution in [0.3, 0.4) is 0 Å². The zero-order valence-corrected chi connectivity index (χ0v) is 11.8. The van der Waals surface area contributed by atoms with Crippen LogP contribution in [0, 0.1) is 0 Å². The normalized spacial score (nSPS) is 12.8. The van der Waals surface area contributed by atoms with Gasteiger partial charge in [-0.25, -0.2) is 0 Å². The molecular weight excluding hydrogens is 230 g/mol. The van der Waals surface area contributed by atoms with E-state index in [1.54, 1.807) is 30.6 Å². The lowest BCUT2D eigenvalue weighted by Gasteiger charge is -2.17. The van der Waals surface area contributed by atoms with E-state index in [4.69, 9.17) is 0 Å². The monoisotopic (exact) mass is 253 g/mol. The van der Waals surface area contributed by atoms with E-state index >= 15 is 0 Å². The first-order valence-electron chi connectivity index (χ1n) is 6.30. The predicted octanol–water partition coefficient (Wildman–Crippen LogP) is 1.39. The molecule has 0 fully saturated rings. The number of aryl methyl sites for hydroxylation is 1. The Hall–Kier alpha value is -1.36. The van der Waals surface area contributed by atoms with Crippen LogP contribution >= 0.6 is 0 Å². The van der Waals surface area contributed by atoms with Gasteiger partial charge < -0.3 is 10.0 Å². The zero-order chi connectivity index (χ0) is 13.9. The van der Waals surface area contributed by atoms with E-state index in [0.29, 0.717) is 24.6 Å². The minimum atomic E-state index is -0.391. The molecule has 0 radical (unpaired) electrons. The average Bonchev–Trinajstić information content (AvgIpc) is 2.67. The lowest BCUT2D eigenvalue weighted by molar-refractivity contribution is 0.0758. The van der Waals surface area contributed by atoms with Crippen LogP contribution in [0.5, 0.6) is 0 Å². The van der Waals surface area contributed by atoms with Crippen LogP contribution < -0.4 is 0 Å². The fourth-order valence-corrected chi connectivity index (χ4v) is 1.65. The number of hydrogen-bond donors (Lipinski definition) is 1. The van der Waals surface area contributed by atoms with Gasteiger partial charge in [0.1, 0.15) is 5.69 Å². The standard InChI is InChI=1S/C13H23N3O2/c1-9(2)11-8-12(16(5)14-11)13(18)15(4)7-6-10(3)17/h8-10,17H,6-7H2,1-5H3. The molecule has 0 aromatic carbocycles. The summed E-state index contributed by atoms with van der Waals surface area (Å²) in [5, 5.41) is 13.6. The maximum Gasteiger partial charge on any atom is 0.271 e. The molecule has 0 aliphatic carbocycles. The molecule has 18 heavy (non-hydrogen) atoms. The molecule has 1 heterocycles. The second kappa shape index (κ2) is 6.00. The summed E-state index contributed by atoms with van der Waals surface area (Å²) in [6, 6.07) is 1.84. The Kier molecular flexibility index (Phi) is 4.90. The molecule has 1 aromatic rings. The number of aliphatic hydroxyl groups is 1. The van der Waals surface area contributed by atoms with Gasteiger partial charge in [0.15, 0.2) is 0 Å². The first-order valence-corrected chi connectivity index (χ1v) is 6.30. The summed E-state index contributed by atoms with van der Waals surface area (Å²) in [6.45, 7) is 6.36. The summed E-state index contributed by atoms with van der Waals surface area (Å²) in [5.41, 5.74) is 1.51. The topological polar surface area (TPSA) is 58.4 Å². The number of amides is 1. The van der Waals surface area contributed by atoms with Crippen LogP contribution in [-0.4, -0.2) is 45.4 Å². The highest BCUT2D eigenvalue weighted by atomic mass is 16.3. The summed E-state index contributed by atoms with van der Waals surface area (Å²) >= 11 is 0.